The molecule has 0 unspecified atom stereocenters. The van der Waals surface area contributed by atoms with Crippen LogP contribution >= 0.6 is 0 Å². The second-order valence-corrected chi connectivity index (χ2v) is 4.31. The number of nitrogens with one attached hydrogen (secondary N) is 1. The van der Waals surface area contributed by atoms with Gasteiger partial charge >= 0.3 is 0 Å². The smallest absolute Gasteiger partial charge is 0.239 e. The normalized spacial score (nSPS) is 10.4. The molecule has 0 aromatic carbocycles. The topological polar surface area (TPSA) is 73.3 Å². The van der Waals surface area contributed by atoms with Crippen LogP contribution in [0.15, 0.2) is 28.7 Å². The minimum absolute atomic E-state index is 0.475. The van der Waals surface area contributed by atoms with Crippen molar-refractivity contribution in [1.82, 2.24) is 4.98 Å². The maximum atomic E-state index is 5.81. The van der Waals surface area contributed by atoms with Crippen LogP contribution in [0, 0.1) is 6.92 Å². The highest BCUT2D eigenvalue weighted by Crippen LogP contribution is 2.21. The highest BCUT2D eigenvalue weighted by Gasteiger charge is 2.05. The third-order valence-electron chi connectivity index (χ3n) is 2.57. The van der Waals surface area contributed by atoms with Crippen LogP contribution in [0.1, 0.15) is 24.9 Å². The molecule has 19 heavy (non-hydrogen) atoms. The van der Waals surface area contributed by atoms with E-state index in [2.05, 4.69) is 10.3 Å². The van der Waals surface area contributed by atoms with Crippen LogP contribution in [0.2, 0.25) is 0 Å². The summed E-state index contributed by atoms with van der Waals surface area (Å²) >= 11 is 0. The number of ether oxygens (including phenoxy) is 1. The Kier molecular flexibility index (Phi) is 4.28. The SMILES string of the molecule is CCCOc1nc(NCc2ccc(C)o2)ccc1N. The van der Waals surface area contributed by atoms with E-state index in [0.29, 0.717) is 30.5 Å². The van der Waals surface area contributed by atoms with Crippen molar-refractivity contribution in [3.8, 4) is 5.88 Å². The molecule has 102 valence electrons. The van der Waals surface area contributed by atoms with E-state index in [0.717, 1.165) is 17.9 Å². The fourth-order valence-electron chi connectivity index (χ4n) is 1.62. The number of furan rings is 1. The van der Waals surface area contributed by atoms with E-state index in [1.54, 1.807) is 6.07 Å². The van der Waals surface area contributed by atoms with Gasteiger partial charge in [-0.2, -0.15) is 4.98 Å². The van der Waals surface area contributed by atoms with Crippen molar-refractivity contribution in [2.24, 2.45) is 0 Å². The highest BCUT2D eigenvalue weighted by atomic mass is 16.5. The van der Waals surface area contributed by atoms with Gasteiger partial charge in [0.15, 0.2) is 0 Å². The second kappa shape index (κ2) is 6.13. The molecule has 3 N–H and O–H groups in total. The van der Waals surface area contributed by atoms with E-state index in [1.165, 1.54) is 0 Å². The van der Waals surface area contributed by atoms with Crippen LogP contribution in [0.3, 0.4) is 0 Å². The molecule has 0 radical (unpaired) electrons. The van der Waals surface area contributed by atoms with Gasteiger partial charge in [-0.15, -0.1) is 0 Å². The Labute approximate surface area is 112 Å². The van der Waals surface area contributed by atoms with Crippen molar-refractivity contribution in [2.75, 3.05) is 17.7 Å². The quantitative estimate of drug-likeness (QED) is 0.836. The first-order valence-corrected chi connectivity index (χ1v) is 6.37. The van der Waals surface area contributed by atoms with E-state index < -0.39 is 0 Å². The van der Waals surface area contributed by atoms with Gasteiger partial charge in [0.2, 0.25) is 5.88 Å². The van der Waals surface area contributed by atoms with Crippen LogP contribution in [0.25, 0.3) is 0 Å². The van der Waals surface area contributed by atoms with Crippen LogP contribution in [-0.2, 0) is 6.54 Å². The minimum Gasteiger partial charge on any atom is -0.476 e. The molecule has 0 aliphatic heterocycles. The molecule has 0 saturated carbocycles. The van der Waals surface area contributed by atoms with E-state index in [4.69, 9.17) is 14.9 Å². The minimum atomic E-state index is 0.475. The van der Waals surface area contributed by atoms with Gasteiger partial charge in [-0.3, -0.25) is 0 Å². The number of nitrogens with zero attached hydrogens (tertiary/aromatic N) is 1. The molecule has 2 aromatic heterocycles. The molecular formula is C14H19N3O2. The molecule has 0 aliphatic carbocycles. The lowest BCUT2D eigenvalue weighted by Gasteiger charge is -2.09. The van der Waals surface area contributed by atoms with Crippen LogP contribution in [-0.4, -0.2) is 11.6 Å². The van der Waals surface area contributed by atoms with Gasteiger partial charge in [-0.25, -0.2) is 0 Å². The standard InChI is InChI=1S/C14H19N3O2/c1-3-8-18-14-12(15)6-7-13(17-14)16-9-11-5-4-10(2)19-11/h4-7H,3,8-9,15H2,1-2H3,(H,16,17). The number of aryl methyl sites for hydroxylation is 1. The Morgan fingerprint density at radius 2 is 2.16 bits per heavy atom. The third kappa shape index (κ3) is 3.64. The van der Waals surface area contributed by atoms with Crippen molar-refractivity contribution in [3.05, 3.63) is 35.8 Å². The lowest BCUT2D eigenvalue weighted by molar-refractivity contribution is 0.307. The summed E-state index contributed by atoms with van der Waals surface area (Å²) in [7, 11) is 0. The molecule has 0 amide bonds. The zero-order valence-corrected chi connectivity index (χ0v) is 11.3. The Balaban J connectivity index is 2.00. The summed E-state index contributed by atoms with van der Waals surface area (Å²) in [5, 5.41) is 3.18. The monoisotopic (exact) mass is 261 g/mol. The first kappa shape index (κ1) is 13.3. The molecular weight excluding hydrogens is 242 g/mol. The Morgan fingerprint density at radius 1 is 1.32 bits per heavy atom. The van der Waals surface area contributed by atoms with E-state index in [-0.39, 0.29) is 0 Å². The van der Waals surface area contributed by atoms with Crippen LogP contribution < -0.4 is 15.8 Å². The van der Waals surface area contributed by atoms with Crippen molar-refractivity contribution in [1.29, 1.82) is 0 Å². The molecule has 0 bridgehead atoms. The summed E-state index contributed by atoms with van der Waals surface area (Å²) in [6, 6.07) is 7.48. The van der Waals surface area contributed by atoms with Crippen molar-refractivity contribution < 1.29 is 9.15 Å². The van der Waals surface area contributed by atoms with Crippen LogP contribution in [0.5, 0.6) is 5.88 Å². The summed E-state index contributed by atoms with van der Waals surface area (Å²) in [5.41, 5.74) is 6.36. The molecule has 2 aromatic rings. The number of nitrogens with two attached hydrogens (primary N) is 1. The van der Waals surface area contributed by atoms with Gasteiger partial charge < -0.3 is 20.2 Å². The average molecular weight is 261 g/mol. The number of aromatic nitrogens is 1. The van der Waals surface area contributed by atoms with Crippen molar-refractivity contribution in [2.45, 2.75) is 26.8 Å². The number of rotatable bonds is 6. The molecule has 0 aliphatic rings. The molecule has 5 nitrogen and oxygen atoms in total. The first-order valence-electron chi connectivity index (χ1n) is 6.37. The predicted octanol–water partition coefficient (Wildman–Crippen LogP) is 2.97. The highest BCUT2D eigenvalue weighted by molar-refractivity contribution is 5.53. The van der Waals surface area contributed by atoms with Gasteiger partial charge in [0.1, 0.15) is 17.3 Å². The summed E-state index contributed by atoms with van der Waals surface area (Å²) in [4.78, 5) is 4.33. The first-order chi connectivity index (χ1) is 9.19. The molecule has 0 saturated heterocycles. The number of pyridine rings is 1. The average Bonchev–Trinajstić information content (AvgIpc) is 2.82. The maximum Gasteiger partial charge on any atom is 0.239 e. The molecule has 0 atom stereocenters. The molecule has 0 spiro atoms. The lowest BCUT2D eigenvalue weighted by Crippen LogP contribution is -2.05. The van der Waals surface area contributed by atoms with Crippen molar-refractivity contribution in [3.63, 3.8) is 0 Å². The number of hydrogen-bond donors (Lipinski definition) is 2. The maximum absolute atomic E-state index is 5.81. The Hall–Kier alpha value is -2.17. The molecule has 0 fully saturated rings. The lowest BCUT2D eigenvalue weighted by atomic mass is 10.3. The summed E-state index contributed by atoms with van der Waals surface area (Å²) in [5.74, 6) is 2.96. The fourth-order valence-corrected chi connectivity index (χ4v) is 1.62. The van der Waals surface area contributed by atoms with Crippen LogP contribution in [0.4, 0.5) is 11.5 Å². The van der Waals surface area contributed by atoms with E-state index in [9.17, 15) is 0 Å². The van der Waals surface area contributed by atoms with Crippen molar-refractivity contribution >= 4 is 11.5 Å². The van der Waals surface area contributed by atoms with E-state index >= 15 is 0 Å². The summed E-state index contributed by atoms with van der Waals surface area (Å²) in [6.45, 7) is 5.15. The second-order valence-electron chi connectivity index (χ2n) is 4.31. The summed E-state index contributed by atoms with van der Waals surface area (Å²) in [6.07, 6.45) is 0.921. The number of nitrogen functional groups attached to an aromatic ring is 1. The van der Waals surface area contributed by atoms with E-state index in [1.807, 2.05) is 32.0 Å². The zero-order valence-electron chi connectivity index (χ0n) is 11.3. The fraction of sp³-hybridized carbons (Fsp3) is 0.357. The Bertz CT molecular complexity index is 537. The third-order valence-corrected chi connectivity index (χ3v) is 2.57. The van der Waals surface area contributed by atoms with Gasteiger partial charge in [-0.1, -0.05) is 6.92 Å². The Morgan fingerprint density at radius 3 is 2.84 bits per heavy atom. The number of hydrogen-bond acceptors (Lipinski definition) is 5. The largest absolute Gasteiger partial charge is 0.476 e. The van der Waals surface area contributed by atoms with Gasteiger partial charge in [0, 0.05) is 0 Å². The predicted molar refractivity (Wildman–Crippen MR) is 75.2 cm³/mol. The molecule has 2 heterocycles. The van der Waals surface area contributed by atoms with Gasteiger partial charge in [0.05, 0.1) is 18.8 Å². The molecule has 5 heteroatoms. The van der Waals surface area contributed by atoms with Gasteiger partial charge in [0.25, 0.3) is 0 Å². The molecule has 2 rings (SSSR count). The van der Waals surface area contributed by atoms with Gasteiger partial charge in [-0.05, 0) is 37.6 Å². The number of anilines is 2. The zero-order chi connectivity index (χ0) is 13.7. The summed E-state index contributed by atoms with van der Waals surface area (Å²) < 4.78 is 11.0.